The minimum atomic E-state index is -0.544. The fourth-order valence-electron chi connectivity index (χ4n) is 3.72. The number of aromatic hydroxyl groups is 1. The molecular formula is C25H19ClFN5O2S3. The molecule has 2 aromatic carbocycles. The van der Waals surface area contributed by atoms with Crippen molar-refractivity contribution in [2.75, 3.05) is 4.72 Å². The molecule has 1 saturated carbocycles. The Morgan fingerprint density at radius 1 is 1.24 bits per heavy atom. The van der Waals surface area contributed by atoms with Crippen LogP contribution in [0.5, 0.6) is 5.75 Å². The molecule has 0 bridgehead atoms. The van der Waals surface area contributed by atoms with Crippen molar-refractivity contribution in [2.45, 2.75) is 29.5 Å². The smallest absolute Gasteiger partial charge is 0.281 e. The van der Waals surface area contributed by atoms with E-state index >= 15 is 0 Å². The average Bonchev–Trinajstić information content (AvgIpc) is 3.57. The number of amidine groups is 1. The van der Waals surface area contributed by atoms with E-state index in [1.165, 1.54) is 52.9 Å². The van der Waals surface area contributed by atoms with Crippen LogP contribution in [-0.4, -0.2) is 26.0 Å². The van der Waals surface area contributed by atoms with Crippen LogP contribution in [0.3, 0.4) is 0 Å². The van der Waals surface area contributed by atoms with Crippen molar-refractivity contribution >= 4 is 64.0 Å². The quantitative estimate of drug-likeness (QED) is 0.220. The topological polar surface area (TPSA) is 91.5 Å². The standard InChI is InChI=1S/C25H19ClFN5O2S3/c26-16-10-13(3-7-17(16)27)12-32-25(34)21(23(33)22(29-32)19-2-1-9-35-19)24-28-18-8-4-14(11-20(18)37-31-24)30-36-15-5-6-15/h1-4,7-11,15,30,33H,5-6,12H2,(H,28,31). The van der Waals surface area contributed by atoms with Crippen molar-refractivity contribution in [1.82, 2.24) is 14.5 Å². The summed E-state index contributed by atoms with van der Waals surface area (Å²) >= 11 is 10.4. The maximum atomic E-state index is 13.7. The van der Waals surface area contributed by atoms with Crippen molar-refractivity contribution in [3.63, 3.8) is 0 Å². The summed E-state index contributed by atoms with van der Waals surface area (Å²) in [5, 5.41) is 18.1. The summed E-state index contributed by atoms with van der Waals surface area (Å²) in [4.78, 5) is 19.8. The zero-order valence-corrected chi connectivity index (χ0v) is 22.3. The molecule has 188 valence electrons. The Labute approximate surface area is 229 Å². The Morgan fingerprint density at radius 3 is 2.86 bits per heavy atom. The van der Waals surface area contributed by atoms with Gasteiger partial charge in [-0.1, -0.05) is 23.7 Å². The van der Waals surface area contributed by atoms with Gasteiger partial charge in [0.15, 0.2) is 11.6 Å². The number of thiophene rings is 1. The minimum Gasteiger partial charge on any atom is -0.505 e. The van der Waals surface area contributed by atoms with Crippen LogP contribution < -0.4 is 15.0 Å². The zero-order chi connectivity index (χ0) is 25.5. The molecule has 0 amide bonds. The third-order valence-corrected chi connectivity index (χ3v) is 8.92. The molecule has 0 atom stereocenters. The minimum absolute atomic E-state index is 0.0104. The lowest BCUT2D eigenvalue weighted by molar-refractivity contribution is 0.464. The van der Waals surface area contributed by atoms with Gasteiger partial charge in [-0.05, 0) is 84.1 Å². The van der Waals surface area contributed by atoms with E-state index in [0.717, 1.165) is 10.6 Å². The van der Waals surface area contributed by atoms with Crippen LogP contribution in [-0.2, 0) is 6.54 Å². The van der Waals surface area contributed by atoms with Crippen LogP contribution in [0.4, 0.5) is 15.8 Å². The molecule has 0 radical (unpaired) electrons. The van der Waals surface area contributed by atoms with Crippen molar-refractivity contribution in [3.05, 3.63) is 86.2 Å². The number of aliphatic imine (C=N–C) groups is 1. The van der Waals surface area contributed by atoms with Gasteiger partial charge >= 0.3 is 0 Å². The number of aromatic nitrogens is 2. The summed E-state index contributed by atoms with van der Waals surface area (Å²) < 4.78 is 21.4. The third kappa shape index (κ3) is 5.08. The first-order valence-electron chi connectivity index (χ1n) is 11.4. The van der Waals surface area contributed by atoms with Crippen molar-refractivity contribution in [3.8, 4) is 16.3 Å². The zero-order valence-electron chi connectivity index (χ0n) is 19.1. The Balaban J connectivity index is 1.41. The number of nitrogens with zero attached hydrogens (tertiary/aromatic N) is 3. The van der Waals surface area contributed by atoms with Gasteiger partial charge in [0.25, 0.3) is 5.56 Å². The molecule has 1 aliphatic heterocycles. The summed E-state index contributed by atoms with van der Waals surface area (Å²) in [5.41, 5.74) is 2.00. The fraction of sp³-hybridized carbons (Fsp3) is 0.160. The van der Waals surface area contributed by atoms with E-state index in [1.54, 1.807) is 18.0 Å². The lowest BCUT2D eigenvalue weighted by Crippen LogP contribution is -2.34. The lowest BCUT2D eigenvalue weighted by Gasteiger charge is -2.19. The summed E-state index contributed by atoms with van der Waals surface area (Å²) in [6.07, 6.45) is 2.47. The maximum Gasteiger partial charge on any atom is 0.281 e. The van der Waals surface area contributed by atoms with E-state index in [2.05, 4.69) is 19.5 Å². The van der Waals surface area contributed by atoms with Crippen LogP contribution in [0, 0.1) is 5.82 Å². The van der Waals surface area contributed by atoms with Crippen LogP contribution in [0.15, 0.2) is 68.6 Å². The Hall–Kier alpha value is -2.99. The second-order valence-electron chi connectivity index (χ2n) is 8.53. The summed E-state index contributed by atoms with van der Waals surface area (Å²) in [7, 11) is 0. The molecule has 0 unspecified atom stereocenters. The largest absolute Gasteiger partial charge is 0.505 e. The second kappa shape index (κ2) is 10.1. The fourth-order valence-corrected chi connectivity index (χ4v) is 6.19. The molecular weight excluding hydrogens is 553 g/mol. The molecule has 1 fully saturated rings. The molecule has 4 aromatic rings. The number of anilines is 1. The Morgan fingerprint density at radius 2 is 2.11 bits per heavy atom. The van der Waals surface area contributed by atoms with Crippen LogP contribution in [0.1, 0.15) is 24.0 Å². The van der Waals surface area contributed by atoms with Crippen LogP contribution in [0.25, 0.3) is 10.6 Å². The predicted molar refractivity (Wildman–Crippen MR) is 150 cm³/mol. The SMILES string of the molecule is O=c1c(C2=Nc3ccc(NSC4CC4)cc3SN2)c(O)c(-c2cccs2)nn1Cc1ccc(F)c(Cl)c1. The van der Waals surface area contributed by atoms with Gasteiger partial charge in [-0.2, -0.15) is 5.10 Å². The van der Waals surface area contributed by atoms with Gasteiger partial charge in [0.2, 0.25) is 0 Å². The summed E-state index contributed by atoms with van der Waals surface area (Å²) in [6, 6.07) is 13.7. The molecule has 3 heterocycles. The van der Waals surface area contributed by atoms with Crippen LogP contribution >= 0.6 is 46.8 Å². The third-order valence-electron chi connectivity index (χ3n) is 5.76. The summed E-state index contributed by atoms with van der Waals surface area (Å²) in [5.74, 6) is -0.563. The highest BCUT2D eigenvalue weighted by molar-refractivity contribution is 8.01. The van der Waals surface area contributed by atoms with Gasteiger partial charge in [0.05, 0.1) is 27.0 Å². The number of hydrogen-bond acceptors (Lipinski definition) is 9. The Kier molecular flexibility index (Phi) is 6.62. The van der Waals surface area contributed by atoms with Crippen molar-refractivity contribution in [1.29, 1.82) is 0 Å². The molecule has 7 nitrogen and oxygen atoms in total. The van der Waals surface area contributed by atoms with E-state index in [0.29, 0.717) is 21.4 Å². The number of rotatable bonds is 7. The highest BCUT2D eigenvalue weighted by atomic mass is 35.5. The highest BCUT2D eigenvalue weighted by Crippen LogP contribution is 2.39. The first kappa shape index (κ1) is 24.4. The van der Waals surface area contributed by atoms with Gasteiger partial charge in [0, 0.05) is 10.9 Å². The molecule has 0 spiro atoms. The van der Waals surface area contributed by atoms with Gasteiger partial charge in [-0.15, -0.1) is 11.3 Å². The maximum absolute atomic E-state index is 13.7. The normalized spacial score (nSPS) is 14.6. The predicted octanol–water partition coefficient (Wildman–Crippen LogP) is 6.43. The van der Waals surface area contributed by atoms with Crippen LogP contribution in [0.2, 0.25) is 5.02 Å². The average molecular weight is 572 g/mol. The molecule has 6 rings (SSSR count). The number of hydrogen-bond donors (Lipinski definition) is 3. The lowest BCUT2D eigenvalue weighted by atomic mass is 10.1. The first-order valence-corrected chi connectivity index (χ1v) is 14.3. The van der Waals surface area contributed by atoms with Gasteiger partial charge in [-0.3, -0.25) is 4.79 Å². The number of nitrogens with one attached hydrogen (secondary N) is 2. The molecule has 2 aromatic heterocycles. The first-order chi connectivity index (χ1) is 18.0. The Bertz CT molecular complexity index is 1590. The van der Waals surface area contributed by atoms with Crippen molar-refractivity contribution < 1.29 is 9.50 Å². The highest BCUT2D eigenvalue weighted by Gasteiger charge is 2.26. The van der Waals surface area contributed by atoms with E-state index in [4.69, 9.17) is 11.6 Å². The number of halogens is 2. The molecule has 12 heteroatoms. The second-order valence-corrected chi connectivity index (χ2v) is 11.8. The summed E-state index contributed by atoms with van der Waals surface area (Å²) in [6.45, 7) is 0.0369. The van der Waals surface area contributed by atoms with Crippen molar-refractivity contribution in [2.24, 2.45) is 4.99 Å². The van der Waals surface area contributed by atoms with E-state index in [-0.39, 0.29) is 34.4 Å². The molecule has 3 N–H and O–H groups in total. The van der Waals surface area contributed by atoms with E-state index < -0.39 is 11.4 Å². The van der Waals surface area contributed by atoms with Gasteiger partial charge in [-0.25, -0.2) is 14.1 Å². The number of benzene rings is 2. The number of fused-ring (bicyclic) bond motifs is 1. The molecule has 2 aliphatic rings. The van der Waals surface area contributed by atoms with Gasteiger partial charge < -0.3 is 14.6 Å². The molecule has 0 saturated heterocycles. The van der Waals surface area contributed by atoms with E-state index in [9.17, 15) is 14.3 Å². The van der Waals surface area contributed by atoms with Gasteiger partial charge in [0.1, 0.15) is 17.1 Å². The monoisotopic (exact) mass is 571 g/mol. The molecule has 1 aliphatic carbocycles. The molecule has 37 heavy (non-hydrogen) atoms. The van der Waals surface area contributed by atoms with E-state index in [1.807, 2.05) is 35.7 Å².